The Morgan fingerprint density at radius 3 is 2.53 bits per heavy atom. The lowest BCUT2D eigenvalue weighted by Gasteiger charge is -2.07. The molecule has 0 atom stereocenters. The molecule has 0 fully saturated rings. The zero-order valence-electron chi connectivity index (χ0n) is 9.19. The van der Waals surface area contributed by atoms with E-state index in [-0.39, 0.29) is 5.82 Å². The molecule has 2 aromatic carbocycles. The van der Waals surface area contributed by atoms with E-state index in [0.29, 0.717) is 23.2 Å². The summed E-state index contributed by atoms with van der Waals surface area (Å²) >= 11 is 0. The van der Waals surface area contributed by atoms with Crippen LogP contribution >= 0.6 is 0 Å². The molecule has 0 heterocycles. The van der Waals surface area contributed by atoms with E-state index in [1.165, 1.54) is 6.07 Å². The largest absolute Gasteiger partial charge is 0.326 e. The van der Waals surface area contributed by atoms with Gasteiger partial charge in [0.1, 0.15) is 5.82 Å². The van der Waals surface area contributed by atoms with Gasteiger partial charge in [-0.3, -0.25) is 4.79 Å². The van der Waals surface area contributed by atoms with Crippen molar-refractivity contribution in [1.82, 2.24) is 0 Å². The Kier molecular flexibility index (Phi) is 3.30. The third-order valence-corrected chi connectivity index (χ3v) is 2.65. The lowest BCUT2D eigenvalue weighted by atomic mass is 9.99. The lowest BCUT2D eigenvalue weighted by molar-refractivity contribution is 0.112. The molecule has 2 N–H and O–H groups in total. The summed E-state index contributed by atoms with van der Waals surface area (Å²) in [5.41, 5.74) is 7.67. The van der Waals surface area contributed by atoms with Crippen LogP contribution in [0.1, 0.15) is 15.9 Å². The molecule has 3 heteroatoms. The molecule has 0 aromatic heterocycles. The van der Waals surface area contributed by atoms with Crippen LogP contribution in [0.15, 0.2) is 42.5 Å². The van der Waals surface area contributed by atoms with E-state index in [1.807, 2.05) is 0 Å². The normalized spacial score (nSPS) is 10.2. The zero-order valence-corrected chi connectivity index (χ0v) is 9.19. The van der Waals surface area contributed by atoms with Gasteiger partial charge in [-0.25, -0.2) is 4.39 Å². The average Bonchev–Trinajstić information content (AvgIpc) is 2.38. The van der Waals surface area contributed by atoms with Crippen LogP contribution in [0.5, 0.6) is 0 Å². The van der Waals surface area contributed by atoms with E-state index < -0.39 is 0 Å². The quantitative estimate of drug-likeness (QED) is 0.822. The maximum Gasteiger partial charge on any atom is 0.150 e. The fourth-order valence-electron chi connectivity index (χ4n) is 1.75. The van der Waals surface area contributed by atoms with E-state index in [2.05, 4.69) is 0 Å². The highest BCUT2D eigenvalue weighted by Gasteiger charge is 2.09. The second-order valence-corrected chi connectivity index (χ2v) is 3.72. The van der Waals surface area contributed by atoms with Crippen molar-refractivity contribution in [3.63, 3.8) is 0 Å². The van der Waals surface area contributed by atoms with Gasteiger partial charge in [-0.05, 0) is 17.2 Å². The van der Waals surface area contributed by atoms with Crippen molar-refractivity contribution in [2.45, 2.75) is 6.54 Å². The van der Waals surface area contributed by atoms with Crippen LogP contribution in [0, 0.1) is 5.82 Å². The predicted molar refractivity (Wildman–Crippen MR) is 65.1 cm³/mol. The SMILES string of the molecule is NCc1ccc(-c2ccccc2C=O)c(F)c1. The molecule has 0 spiro atoms. The summed E-state index contributed by atoms with van der Waals surface area (Å²) in [5.74, 6) is -0.359. The highest BCUT2D eigenvalue weighted by molar-refractivity contribution is 5.87. The lowest BCUT2D eigenvalue weighted by Crippen LogP contribution is -1.98. The maximum absolute atomic E-state index is 13.9. The molecule has 0 aliphatic carbocycles. The second kappa shape index (κ2) is 4.89. The summed E-state index contributed by atoms with van der Waals surface area (Å²) in [5, 5.41) is 0. The Labute approximate surface area is 98.9 Å². The first-order valence-corrected chi connectivity index (χ1v) is 5.29. The fourth-order valence-corrected chi connectivity index (χ4v) is 1.75. The van der Waals surface area contributed by atoms with Crippen LogP contribution in [0.4, 0.5) is 4.39 Å². The van der Waals surface area contributed by atoms with E-state index >= 15 is 0 Å². The van der Waals surface area contributed by atoms with Crippen LogP contribution < -0.4 is 5.73 Å². The van der Waals surface area contributed by atoms with Crippen molar-refractivity contribution >= 4 is 6.29 Å². The minimum absolute atomic E-state index is 0.298. The molecule has 2 rings (SSSR count). The Balaban J connectivity index is 2.56. The summed E-state index contributed by atoms with van der Waals surface area (Å²) in [4.78, 5) is 10.9. The Morgan fingerprint density at radius 1 is 1.12 bits per heavy atom. The van der Waals surface area contributed by atoms with Gasteiger partial charge in [0.05, 0.1) is 0 Å². The molecule has 0 saturated carbocycles. The van der Waals surface area contributed by atoms with Crippen molar-refractivity contribution in [1.29, 1.82) is 0 Å². The molecular weight excluding hydrogens is 217 g/mol. The van der Waals surface area contributed by atoms with Crippen LogP contribution in [0.2, 0.25) is 0 Å². The molecule has 86 valence electrons. The monoisotopic (exact) mass is 229 g/mol. The molecule has 0 unspecified atom stereocenters. The summed E-state index contributed by atoms with van der Waals surface area (Å²) in [6.07, 6.45) is 0.728. The minimum atomic E-state index is -0.359. The van der Waals surface area contributed by atoms with Gasteiger partial charge in [-0.15, -0.1) is 0 Å². The molecular formula is C14H12FNO. The van der Waals surface area contributed by atoms with Crippen LogP contribution in [-0.2, 0) is 6.54 Å². The van der Waals surface area contributed by atoms with E-state index in [1.54, 1.807) is 36.4 Å². The molecule has 0 bridgehead atoms. The summed E-state index contributed by atoms with van der Waals surface area (Å²) in [7, 11) is 0. The van der Waals surface area contributed by atoms with Crippen molar-refractivity contribution in [3.05, 3.63) is 59.4 Å². The molecule has 0 saturated heterocycles. The molecule has 2 aromatic rings. The van der Waals surface area contributed by atoms with Crippen LogP contribution in [0.3, 0.4) is 0 Å². The number of benzene rings is 2. The maximum atomic E-state index is 13.9. The third kappa shape index (κ3) is 2.24. The van der Waals surface area contributed by atoms with Gasteiger partial charge in [-0.2, -0.15) is 0 Å². The molecule has 17 heavy (non-hydrogen) atoms. The number of nitrogens with two attached hydrogens (primary N) is 1. The van der Waals surface area contributed by atoms with E-state index in [9.17, 15) is 9.18 Å². The summed E-state index contributed by atoms with van der Waals surface area (Å²) in [6, 6.07) is 11.7. The van der Waals surface area contributed by atoms with Gasteiger partial charge in [-0.1, -0.05) is 36.4 Å². The molecule has 0 aliphatic heterocycles. The minimum Gasteiger partial charge on any atom is -0.326 e. The fraction of sp³-hybridized carbons (Fsp3) is 0.0714. The third-order valence-electron chi connectivity index (χ3n) is 2.65. The highest BCUT2D eigenvalue weighted by Crippen LogP contribution is 2.26. The standard InChI is InChI=1S/C14H12FNO/c15-14-7-10(8-16)5-6-13(14)12-4-2-1-3-11(12)9-17/h1-7,9H,8,16H2. The molecule has 2 nitrogen and oxygen atoms in total. The van der Waals surface area contributed by atoms with Gasteiger partial charge in [0.2, 0.25) is 0 Å². The summed E-state index contributed by atoms with van der Waals surface area (Å²) < 4.78 is 13.9. The number of hydrogen-bond acceptors (Lipinski definition) is 2. The average molecular weight is 229 g/mol. The smallest absolute Gasteiger partial charge is 0.150 e. The molecule has 0 amide bonds. The van der Waals surface area contributed by atoms with Crippen LogP contribution in [-0.4, -0.2) is 6.29 Å². The van der Waals surface area contributed by atoms with Crippen LogP contribution in [0.25, 0.3) is 11.1 Å². The number of rotatable bonds is 3. The Bertz CT molecular complexity index is 552. The Hall–Kier alpha value is -2.00. The van der Waals surface area contributed by atoms with Crippen molar-refractivity contribution in [2.24, 2.45) is 5.73 Å². The second-order valence-electron chi connectivity index (χ2n) is 3.72. The van der Waals surface area contributed by atoms with Gasteiger partial charge in [0.15, 0.2) is 6.29 Å². The van der Waals surface area contributed by atoms with Gasteiger partial charge < -0.3 is 5.73 Å². The van der Waals surface area contributed by atoms with Crippen molar-refractivity contribution < 1.29 is 9.18 Å². The van der Waals surface area contributed by atoms with Gasteiger partial charge >= 0.3 is 0 Å². The molecule has 0 radical (unpaired) electrons. The number of carbonyl (C=O) groups excluding carboxylic acids is 1. The number of carbonyl (C=O) groups is 1. The number of halogens is 1. The number of hydrogen-bond donors (Lipinski definition) is 1. The van der Waals surface area contributed by atoms with E-state index in [4.69, 9.17) is 5.73 Å². The topological polar surface area (TPSA) is 43.1 Å². The van der Waals surface area contributed by atoms with E-state index in [0.717, 1.165) is 11.8 Å². The highest BCUT2D eigenvalue weighted by atomic mass is 19.1. The van der Waals surface area contributed by atoms with Gasteiger partial charge in [0, 0.05) is 17.7 Å². The van der Waals surface area contributed by atoms with Crippen molar-refractivity contribution in [3.8, 4) is 11.1 Å². The first kappa shape index (κ1) is 11.5. The summed E-state index contributed by atoms with van der Waals surface area (Å²) in [6.45, 7) is 0.298. The van der Waals surface area contributed by atoms with Gasteiger partial charge in [0.25, 0.3) is 0 Å². The first-order valence-electron chi connectivity index (χ1n) is 5.29. The Morgan fingerprint density at radius 2 is 1.88 bits per heavy atom. The first-order chi connectivity index (χ1) is 8.26. The predicted octanol–water partition coefficient (Wildman–Crippen LogP) is 2.76. The zero-order chi connectivity index (χ0) is 12.3. The number of aldehydes is 1. The molecule has 0 aliphatic rings. The van der Waals surface area contributed by atoms with Crippen molar-refractivity contribution in [2.75, 3.05) is 0 Å².